The van der Waals surface area contributed by atoms with Crippen LogP contribution in [0.2, 0.25) is 0 Å². The van der Waals surface area contributed by atoms with Gasteiger partial charge in [-0.3, -0.25) is 9.69 Å². The molecule has 1 heterocycles. The fourth-order valence-corrected chi connectivity index (χ4v) is 4.13. The molecule has 4 rings (SSSR count). The number of carbonyl (C=O) groups excluding carboxylic acids is 1. The van der Waals surface area contributed by atoms with E-state index in [2.05, 4.69) is 29.0 Å². The van der Waals surface area contributed by atoms with Crippen molar-refractivity contribution < 1.29 is 19.4 Å². The minimum absolute atomic E-state index is 0.0233. The molecule has 3 aromatic rings. The summed E-state index contributed by atoms with van der Waals surface area (Å²) < 4.78 is 11.8. The van der Waals surface area contributed by atoms with Gasteiger partial charge in [0, 0.05) is 44.7 Å². The van der Waals surface area contributed by atoms with E-state index in [1.807, 2.05) is 30.3 Å². The zero-order valence-electron chi connectivity index (χ0n) is 19.4. The van der Waals surface area contributed by atoms with Gasteiger partial charge in [0.1, 0.15) is 30.5 Å². The summed E-state index contributed by atoms with van der Waals surface area (Å²) in [6.45, 7) is 7.58. The van der Waals surface area contributed by atoms with Crippen LogP contribution in [0.3, 0.4) is 0 Å². The first-order chi connectivity index (χ1) is 16.0. The Hall–Kier alpha value is -3.09. The summed E-state index contributed by atoms with van der Waals surface area (Å²) in [5.74, 6) is 1.76. The van der Waals surface area contributed by atoms with E-state index in [1.54, 1.807) is 12.1 Å². The van der Waals surface area contributed by atoms with Crippen molar-refractivity contribution in [2.75, 3.05) is 53.0 Å². The lowest BCUT2D eigenvalue weighted by molar-refractivity contribution is -0.118. The lowest BCUT2D eigenvalue weighted by atomic mass is 9.97. The van der Waals surface area contributed by atoms with Crippen molar-refractivity contribution in [1.82, 2.24) is 9.80 Å². The molecule has 0 unspecified atom stereocenters. The number of ketones is 1. The van der Waals surface area contributed by atoms with Gasteiger partial charge in [-0.1, -0.05) is 24.3 Å². The molecule has 6 heteroatoms. The standard InChI is InChI=1S/C27H32N2O4/c1-20(30)19-33-27-10-5-22-18-23(31)6-9-25(22)26(27)17-21-3-7-24(8-4-21)32-16-15-29-13-11-28(2)12-14-29/h3-10,18,31H,11-17,19H2,1-2H3. The molecular formula is C27H32N2O4. The molecule has 6 nitrogen and oxygen atoms in total. The van der Waals surface area contributed by atoms with E-state index < -0.39 is 0 Å². The number of hydrogen-bond acceptors (Lipinski definition) is 6. The third-order valence-corrected chi connectivity index (χ3v) is 6.08. The second-order valence-corrected chi connectivity index (χ2v) is 8.75. The Bertz CT molecular complexity index is 1090. The van der Waals surface area contributed by atoms with Crippen LogP contribution >= 0.6 is 0 Å². The van der Waals surface area contributed by atoms with E-state index in [0.717, 1.165) is 60.4 Å². The van der Waals surface area contributed by atoms with Crippen LogP contribution in [-0.4, -0.2) is 73.7 Å². The normalized spacial score (nSPS) is 15.0. The number of carbonyl (C=O) groups is 1. The largest absolute Gasteiger partial charge is 0.508 e. The molecule has 0 amide bonds. The zero-order valence-corrected chi connectivity index (χ0v) is 19.4. The van der Waals surface area contributed by atoms with Gasteiger partial charge in [-0.15, -0.1) is 0 Å². The summed E-state index contributed by atoms with van der Waals surface area (Å²) in [5, 5.41) is 11.8. The maximum absolute atomic E-state index is 11.5. The SMILES string of the molecule is CC(=O)COc1ccc2cc(O)ccc2c1Cc1ccc(OCCN2CCN(C)CC2)cc1. The minimum atomic E-state index is -0.0233. The number of ether oxygens (including phenoxy) is 2. The van der Waals surface area contributed by atoms with Gasteiger partial charge >= 0.3 is 0 Å². The monoisotopic (exact) mass is 448 g/mol. The van der Waals surface area contributed by atoms with E-state index >= 15 is 0 Å². The van der Waals surface area contributed by atoms with Crippen LogP contribution in [0.5, 0.6) is 17.2 Å². The second kappa shape index (κ2) is 10.7. The van der Waals surface area contributed by atoms with Gasteiger partial charge in [0.2, 0.25) is 0 Å². The molecule has 0 atom stereocenters. The molecule has 0 radical (unpaired) electrons. The van der Waals surface area contributed by atoms with E-state index in [1.165, 1.54) is 6.92 Å². The number of phenolic OH excluding ortho intramolecular Hbond substituents is 1. The van der Waals surface area contributed by atoms with Crippen molar-refractivity contribution in [3.05, 3.63) is 65.7 Å². The number of Topliss-reactive ketones (excluding diaryl/α,β-unsaturated/α-hetero) is 1. The first kappa shape index (κ1) is 23.1. The third kappa shape index (κ3) is 6.24. The first-order valence-electron chi connectivity index (χ1n) is 11.5. The Morgan fingerprint density at radius 1 is 0.970 bits per heavy atom. The smallest absolute Gasteiger partial charge is 0.167 e. The fraction of sp³-hybridized carbons (Fsp3) is 0.370. The van der Waals surface area contributed by atoms with E-state index in [9.17, 15) is 9.90 Å². The van der Waals surface area contributed by atoms with Gasteiger partial charge in [0.25, 0.3) is 0 Å². The Labute approximate surface area is 195 Å². The highest BCUT2D eigenvalue weighted by Crippen LogP contribution is 2.32. The number of fused-ring (bicyclic) bond motifs is 1. The van der Waals surface area contributed by atoms with Crippen molar-refractivity contribution in [3.63, 3.8) is 0 Å². The highest BCUT2D eigenvalue weighted by atomic mass is 16.5. The number of nitrogens with zero attached hydrogens (tertiary/aromatic N) is 2. The van der Waals surface area contributed by atoms with Crippen LogP contribution in [0.15, 0.2) is 54.6 Å². The lowest BCUT2D eigenvalue weighted by Crippen LogP contribution is -2.45. The molecular weight excluding hydrogens is 416 g/mol. The topological polar surface area (TPSA) is 62.2 Å². The maximum Gasteiger partial charge on any atom is 0.167 e. The number of piperazine rings is 1. The average Bonchev–Trinajstić information content (AvgIpc) is 2.80. The summed E-state index contributed by atoms with van der Waals surface area (Å²) in [4.78, 5) is 16.2. The number of phenols is 1. The Balaban J connectivity index is 1.43. The molecule has 0 aromatic heterocycles. The Morgan fingerprint density at radius 3 is 2.45 bits per heavy atom. The third-order valence-electron chi connectivity index (χ3n) is 6.08. The minimum Gasteiger partial charge on any atom is -0.508 e. The van der Waals surface area contributed by atoms with Crippen molar-refractivity contribution in [3.8, 4) is 17.2 Å². The molecule has 1 N–H and O–H groups in total. The van der Waals surface area contributed by atoms with Crippen molar-refractivity contribution in [2.45, 2.75) is 13.3 Å². The summed E-state index contributed by atoms with van der Waals surface area (Å²) in [6, 6.07) is 17.2. The molecule has 1 saturated heterocycles. The number of aromatic hydroxyl groups is 1. The molecule has 1 fully saturated rings. The van der Waals surface area contributed by atoms with Gasteiger partial charge < -0.3 is 19.5 Å². The van der Waals surface area contributed by atoms with Crippen LogP contribution in [0.4, 0.5) is 0 Å². The predicted molar refractivity (Wildman–Crippen MR) is 130 cm³/mol. The Morgan fingerprint density at radius 2 is 1.73 bits per heavy atom. The molecule has 0 spiro atoms. The molecule has 0 bridgehead atoms. The summed E-state index contributed by atoms with van der Waals surface area (Å²) >= 11 is 0. The number of hydrogen-bond donors (Lipinski definition) is 1. The Kier molecular flexibility index (Phi) is 7.47. The predicted octanol–water partition coefficient (Wildman–Crippen LogP) is 3.73. The van der Waals surface area contributed by atoms with Crippen LogP contribution in [-0.2, 0) is 11.2 Å². The molecule has 1 aliphatic heterocycles. The summed E-state index contributed by atoms with van der Waals surface area (Å²) in [6.07, 6.45) is 0.650. The molecule has 3 aromatic carbocycles. The number of benzene rings is 3. The van der Waals surface area contributed by atoms with Gasteiger partial charge in [-0.2, -0.15) is 0 Å². The van der Waals surface area contributed by atoms with Crippen molar-refractivity contribution in [1.29, 1.82) is 0 Å². The molecule has 174 valence electrons. The second-order valence-electron chi connectivity index (χ2n) is 8.75. The van der Waals surface area contributed by atoms with Gasteiger partial charge in [-0.05, 0) is 60.6 Å². The van der Waals surface area contributed by atoms with Gasteiger partial charge in [0.15, 0.2) is 5.78 Å². The van der Waals surface area contributed by atoms with Crippen LogP contribution in [0.25, 0.3) is 10.8 Å². The highest BCUT2D eigenvalue weighted by molar-refractivity contribution is 5.89. The summed E-state index contributed by atoms with van der Waals surface area (Å²) in [7, 11) is 2.16. The van der Waals surface area contributed by atoms with E-state index in [0.29, 0.717) is 18.8 Å². The van der Waals surface area contributed by atoms with E-state index in [4.69, 9.17) is 9.47 Å². The van der Waals surface area contributed by atoms with Crippen LogP contribution in [0, 0.1) is 0 Å². The van der Waals surface area contributed by atoms with Gasteiger partial charge in [-0.25, -0.2) is 0 Å². The van der Waals surface area contributed by atoms with Crippen molar-refractivity contribution in [2.24, 2.45) is 0 Å². The van der Waals surface area contributed by atoms with Crippen molar-refractivity contribution >= 4 is 16.6 Å². The first-order valence-corrected chi connectivity index (χ1v) is 11.5. The van der Waals surface area contributed by atoms with Gasteiger partial charge in [0.05, 0.1) is 0 Å². The quantitative estimate of drug-likeness (QED) is 0.538. The van der Waals surface area contributed by atoms with Crippen LogP contribution < -0.4 is 9.47 Å². The zero-order chi connectivity index (χ0) is 23.2. The summed E-state index contributed by atoms with van der Waals surface area (Å²) in [5.41, 5.74) is 2.12. The number of likely N-dealkylation sites (N-methyl/N-ethyl adjacent to an activating group) is 1. The molecule has 0 saturated carbocycles. The lowest BCUT2D eigenvalue weighted by Gasteiger charge is -2.32. The average molecular weight is 449 g/mol. The highest BCUT2D eigenvalue weighted by Gasteiger charge is 2.14. The maximum atomic E-state index is 11.5. The van der Waals surface area contributed by atoms with Crippen LogP contribution in [0.1, 0.15) is 18.1 Å². The fourth-order valence-electron chi connectivity index (χ4n) is 4.13. The molecule has 33 heavy (non-hydrogen) atoms. The molecule has 0 aliphatic carbocycles. The number of rotatable bonds is 9. The molecule has 1 aliphatic rings. The van der Waals surface area contributed by atoms with E-state index in [-0.39, 0.29) is 18.1 Å².